The summed E-state index contributed by atoms with van der Waals surface area (Å²) in [4.78, 5) is 6.81. The first kappa shape index (κ1) is 11.3. The third-order valence-electron chi connectivity index (χ3n) is 2.26. The van der Waals surface area contributed by atoms with Crippen LogP contribution >= 0.6 is 0 Å². The molecule has 4 N–H and O–H groups in total. The van der Waals surface area contributed by atoms with Gasteiger partial charge in [0.1, 0.15) is 0 Å². The van der Waals surface area contributed by atoms with Gasteiger partial charge in [-0.05, 0) is 20.4 Å². The van der Waals surface area contributed by atoms with Gasteiger partial charge < -0.3 is 5.32 Å². The van der Waals surface area contributed by atoms with E-state index in [2.05, 4.69) is 41.4 Å². The normalized spacial score (nSPS) is 19.6. The van der Waals surface area contributed by atoms with Gasteiger partial charge >= 0.3 is 0 Å². The highest BCUT2D eigenvalue weighted by Crippen LogP contribution is 2.09. The van der Waals surface area contributed by atoms with Crippen LogP contribution in [-0.2, 0) is 0 Å². The molecule has 14 heavy (non-hydrogen) atoms. The van der Waals surface area contributed by atoms with Crippen LogP contribution in [0.2, 0.25) is 0 Å². The molecule has 0 aromatic rings. The number of hydrogen-bond donors (Lipinski definition) is 3. The SMILES string of the molecule is CCN1CC(N=C(NN)NC(C)C)C1. The molecular weight excluding hydrogens is 178 g/mol. The Hall–Kier alpha value is -0.810. The lowest BCUT2D eigenvalue weighted by molar-refractivity contribution is 0.161. The van der Waals surface area contributed by atoms with E-state index in [1.165, 1.54) is 0 Å². The molecule has 0 amide bonds. The number of aliphatic imine (C=N–C) groups is 1. The van der Waals surface area contributed by atoms with E-state index in [0.29, 0.717) is 18.0 Å². The zero-order chi connectivity index (χ0) is 10.6. The number of nitrogens with zero attached hydrogens (tertiary/aromatic N) is 2. The average Bonchev–Trinajstić information content (AvgIpc) is 2.07. The van der Waals surface area contributed by atoms with Crippen molar-refractivity contribution in [2.24, 2.45) is 10.8 Å². The van der Waals surface area contributed by atoms with Crippen LogP contribution < -0.4 is 16.6 Å². The smallest absolute Gasteiger partial charge is 0.206 e. The summed E-state index contributed by atoms with van der Waals surface area (Å²) in [6.45, 7) is 9.48. The second-order valence-electron chi connectivity index (χ2n) is 3.93. The monoisotopic (exact) mass is 199 g/mol. The van der Waals surface area contributed by atoms with Crippen LogP contribution in [-0.4, -0.2) is 42.6 Å². The number of hydrogen-bond acceptors (Lipinski definition) is 3. The van der Waals surface area contributed by atoms with Crippen LogP contribution in [0.15, 0.2) is 4.99 Å². The molecule has 1 heterocycles. The van der Waals surface area contributed by atoms with E-state index in [1.54, 1.807) is 0 Å². The molecule has 0 aromatic heterocycles. The second-order valence-corrected chi connectivity index (χ2v) is 3.93. The van der Waals surface area contributed by atoms with Crippen LogP contribution in [0.3, 0.4) is 0 Å². The average molecular weight is 199 g/mol. The number of hydrazine groups is 1. The third-order valence-corrected chi connectivity index (χ3v) is 2.26. The maximum Gasteiger partial charge on any atom is 0.206 e. The van der Waals surface area contributed by atoms with Gasteiger partial charge in [-0.3, -0.25) is 10.3 Å². The van der Waals surface area contributed by atoms with Gasteiger partial charge in [-0.15, -0.1) is 0 Å². The van der Waals surface area contributed by atoms with Crippen LogP contribution in [0.25, 0.3) is 0 Å². The van der Waals surface area contributed by atoms with E-state index < -0.39 is 0 Å². The minimum absolute atomic E-state index is 0.354. The Kier molecular flexibility index (Phi) is 4.16. The molecule has 1 saturated heterocycles. The van der Waals surface area contributed by atoms with Gasteiger partial charge in [0.05, 0.1) is 6.04 Å². The van der Waals surface area contributed by atoms with E-state index in [1.807, 2.05) is 0 Å². The highest BCUT2D eigenvalue weighted by Gasteiger charge is 2.24. The number of rotatable bonds is 3. The van der Waals surface area contributed by atoms with Gasteiger partial charge in [0.15, 0.2) is 0 Å². The van der Waals surface area contributed by atoms with Crippen molar-refractivity contribution < 1.29 is 0 Å². The second kappa shape index (κ2) is 5.17. The molecule has 5 nitrogen and oxygen atoms in total. The predicted molar refractivity (Wildman–Crippen MR) is 58.9 cm³/mol. The third kappa shape index (κ3) is 3.16. The molecule has 1 aliphatic heterocycles. The van der Waals surface area contributed by atoms with Gasteiger partial charge in [-0.2, -0.15) is 0 Å². The molecule has 1 rings (SSSR count). The van der Waals surface area contributed by atoms with Crippen molar-refractivity contribution >= 4 is 5.96 Å². The molecular formula is C9H21N5. The van der Waals surface area contributed by atoms with E-state index in [-0.39, 0.29) is 0 Å². The Morgan fingerprint density at radius 1 is 1.57 bits per heavy atom. The number of nitrogens with one attached hydrogen (secondary N) is 2. The molecule has 1 aliphatic rings. The fraction of sp³-hybridized carbons (Fsp3) is 0.889. The van der Waals surface area contributed by atoms with Crippen LogP contribution in [0.1, 0.15) is 20.8 Å². The van der Waals surface area contributed by atoms with Gasteiger partial charge in [-0.25, -0.2) is 10.8 Å². The van der Waals surface area contributed by atoms with E-state index >= 15 is 0 Å². The maximum atomic E-state index is 5.36. The van der Waals surface area contributed by atoms with Crippen molar-refractivity contribution in [2.75, 3.05) is 19.6 Å². The lowest BCUT2D eigenvalue weighted by Gasteiger charge is -2.36. The van der Waals surface area contributed by atoms with Gasteiger partial charge in [0.25, 0.3) is 0 Å². The number of nitrogens with two attached hydrogens (primary N) is 1. The first-order valence-electron chi connectivity index (χ1n) is 5.19. The number of guanidine groups is 1. The minimum atomic E-state index is 0.354. The zero-order valence-electron chi connectivity index (χ0n) is 9.25. The first-order chi connectivity index (χ1) is 6.65. The summed E-state index contributed by atoms with van der Waals surface area (Å²) >= 11 is 0. The predicted octanol–water partition coefficient (Wildman–Crippen LogP) is -0.492. The molecule has 5 heteroatoms. The van der Waals surface area contributed by atoms with Gasteiger partial charge in [0, 0.05) is 19.1 Å². The van der Waals surface area contributed by atoms with Crippen molar-refractivity contribution in [3.8, 4) is 0 Å². The van der Waals surface area contributed by atoms with E-state index in [9.17, 15) is 0 Å². The maximum absolute atomic E-state index is 5.36. The summed E-state index contributed by atoms with van der Waals surface area (Å²) in [5.74, 6) is 6.05. The summed E-state index contributed by atoms with van der Waals surface area (Å²) in [7, 11) is 0. The Labute approximate surface area is 85.7 Å². The van der Waals surface area contributed by atoms with Crippen LogP contribution in [0.5, 0.6) is 0 Å². The molecule has 82 valence electrons. The summed E-state index contributed by atoms with van der Waals surface area (Å²) in [5.41, 5.74) is 2.59. The molecule has 0 atom stereocenters. The lowest BCUT2D eigenvalue weighted by Crippen LogP contribution is -2.52. The molecule has 0 aliphatic carbocycles. The molecule has 0 spiro atoms. The van der Waals surface area contributed by atoms with E-state index in [0.717, 1.165) is 19.6 Å². The minimum Gasteiger partial charge on any atom is -0.353 e. The molecule has 0 radical (unpaired) electrons. The van der Waals surface area contributed by atoms with Crippen molar-refractivity contribution in [3.63, 3.8) is 0 Å². The topological polar surface area (TPSA) is 65.7 Å². The van der Waals surface area contributed by atoms with Gasteiger partial charge in [-0.1, -0.05) is 6.92 Å². The molecule has 0 unspecified atom stereocenters. The number of likely N-dealkylation sites (tertiary alicyclic amines) is 1. The molecule has 0 bridgehead atoms. The Morgan fingerprint density at radius 2 is 2.21 bits per heavy atom. The number of likely N-dealkylation sites (N-methyl/N-ethyl adjacent to an activating group) is 1. The Morgan fingerprint density at radius 3 is 2.64 bits per heavy atom. The zero-order valence-corrected chi connectivity index (χ0v) is 9.25. The summed E-state index contributed by atoms with van der Waals surface area (Å²) in [6.07, 6.45) is 0. The fourth-order valence-corrected chi connectivity index (χ4v) is 1.45. The molecule has 0 aromatic carbocycles. The highest BCUT2D eigenvalue weighted by atomic mass is 15.4. The summed E-state index contributed by atoms with van der Waals surface area (Å²) in [5, 5.41) is 3.16. The van der Waals surface area contributed by atoms with Gasteiger partial charge in [0.2, 0.25) is 5.96 Å². The largest absolute Gasteiger partial charge is 0.353 e. The van der Waals surface area contributed by atoms with Crippen molar-refractivity contribution in [1.82, 2.24) is 15.6 Å². The van der Waals surface area contributed by atoms with Crippen LogP contribution in [0.4, 0.5) is 0 Å². The summed E-state index contributed by atoms with van der Waals surface area (Å²) in [6, 6.07) is 0.749. The molecule has 1 fully saturated rings. The van der Waals surface area contributed by atoms with E-state index in [4.69, 9.17) is 5.84 Å². The quantitative estimate of drug-likeness (QED) is 0.248. The van der Waals surface area contributed by atoms with Crippen molar-refractivity contribution in [1.29, 1.82) is 0 Å². The lowest BCUT2D eigenvalue weighted by atomic mass is 10.1. The standard InChI is InChI=1S/C9H21N5/c1-4-14-5-8(6-14)12-9(13-10)11-7(2)3/h7-8H,4-6,10H2,1-3H3,(H2,11,12,13). The Bertz CT molecular complexity index is 195. The summed E-state index contributed by atoms with van der Waals surface area (Å²) < 4.78 is 0. The van der Waals surface area contributed by atoms with Crippen molar-refractivity contribution in [2.45, 2.75) is 32.9 Å². The Balaban J connectivity index is 2.34. The fourth-order valence-electron chi connectivity index (χ4n) is 1.45. The highest BCUT2D eigenvalue weighted by molar-refractivity contribution is 5.79. The van der Waals surface area contributed by atoms with Crippen LogP contribution in [0, 0.1) is 0 Å². The van der Waals surface area contributed by atoms with Crippen molar-refractivity contribution in [3.05, 3.63) is 0 Å². The first-order valence-corrected chi connectivity index (χ1v) is 5.19. The molecule has 0 saturated carbocycles.